The molecule has 1 amide bonds. The summed E-state index contributed by atoms with van der Waals surface area (Å²) in [6, 6.07) is 5.98. The van der Waals surface area contributed by atoms with Gasteiger partial charge in [-0.15, -0.1) is 0 Å². The van der Waals surface area contributed by atoms with E-state index in [4.69, 9.17) is 34.8 Å². The number of sulfone groups is 1. The molecule has 0 radical (unpaired) electrons. The Labute approximate surface area is 157 Å². The first-order valence-electron chi connectivity index (χ1n) is 6.44. The minimum Gasteiger partial charge on any atom is -0.346 e. The molecule has 1 N–H and O–H groups in total. The molecule has 10 heteroatoms. The minimum atomic E-state index is -3.31. The average molecular weight is 463 g/mol. The number of aliphatic imine (C=N–C) groups is 1. The van der Waals surface area contributed by atoms with E-state index in [0.717, 1.165) is 10.0 Å². The number of benzene rings is 1. The summed E-state index contributed by atoms with van der Waals surface area (Å²) in [4.78, 5) is 16.0. The smallest absolute Gasteiger partial charge is 0.272 e. The maximum atomic E-state index is 11.8. The van der Waals surface area contributed by atoms with Gasteiger partial charge in [0, 0.05) is 10.7 Å². The Kier molecular flexibility index (Phi) is 6.00. The lowest BCUT2D eigenvalue weighted by molar-refractivity contribution is -0.120. The van der Waals surface area contributed by atoms with Crippen molar-refractivity contribution in [2.24, 2.45) is 4.99 Å². The third-order valence-corrected chi connectivity index (χ3v) is 5.94. The first-order valence-corrected chi connectivity index (χ1v) is 10.2. The van der Waals surface area contributed by atoms with Crippen molar-refractivity contribution in [2.75, 3.05) is 11.5 Å². The van der Waals surface area contributed by atoms with E-state index in [1.807, 2.05) is 24.3 Å². The average Bonchev–Trinajstić information content (AvgIpc) is 2.71. The maximum Gasteiger partial charge on any atom is 0.272 e. The van der Waals surface area contributed by atoms with Crippen LogP contribution in [0.15, 0.2) is 33.7 Å². The van der Waals surface area contributed by atoms with Gasteiger partial charge < -0.3 is 5.32 Å². The van der Waals surface area contributed by atoms with E-state index in [0.29, 0.717) is 0 Å². The predicted molar refractivity (Wildman–Crippen MR) is 96.4 cm³/mol. The van der Waals surface area contributed by atoms with Crippen molar-refractivity contribution in [2.45, 2.75) is 15.9 Å². The van der Waals surface area contributed by atoms with Crippen molar-refractivity contribution in [1.82, 2.24) is 5.32 Å². The monoisotopic (exact) mass is 460 g/mol. The van der Waals surface area contributed by atoms with Gasteiger partial charge >= 0.3 is 0 Å². The summed E-state index contributed by atoms with van der Waals surface area (Å²) in [5.74, 6) is -1.26. The summed E-state index contributed by atoms with van der Waals surface area (Å²) in [6.07, 6.45) is 1.56. The van der Waals surface area contributed by atoms with Gasteiger partial charge in [-0.1, -0.05) is 62.9 Å². The third-order valence-electron chi connectivity index (χ3n) is 3.18. The Morgan fingerprint density at radius 2 is 1.87 bits per heavy atom. The highest BCUT2D eigenvalue weighted by molar-refractivity contribution is 9.10. The lowest BCUT2D eigenvalue weighted by Gasteiger charge is -2.19. The van der Waals surface area contributed by atoms with Crippen LogP contribution in [-0.2, 0) is 14.6 Å². The molecule has 126 valence electrons. The van der Waals surface area contributed by atoms with E-state index in [2.05, 4.69) is 26.2 Å². The Morgan fingerprint density at radius 3 is 2.43 bits per heavy atom. The van der Waals surface area contributed by atoms with Crippen LogP contribution in [-0.4, -0.2) is 47.9 Å². The van der Waals surface area contributed by atoms with Crippen LogP contribution in [0.3, 0.4) is 0 Å². The van der Waals surface area contributed by atoms with Crippen LogP contribution in [0.4, 0.5) is 0 Å². The van der Waals surface area contributed by atoms with Gasteiger partial charge in [-0.2, -0.15) is 0 Å². The lowest BCUT2D eigenvalue weighted by Crippen LogP contribution is -2.46. The Balaban J connectivity index is 2.14. The highest BCUT2D eigenvalue weighted by atomic mass is 79.9. The number of hydrogen-bond acceptors (Lipinski definition) is 4. The molecule has 5 nitrogen and oxygen atoms in total. The standard InChI is InChI=1S/C13H12BrCl3N2O3S/c14-9-3-1-8(2-4-9)5-18-10-6-23(21,22)7-11(10)19-12(20)13(15,16)17/h1-5,10-11H,6-7H2,(H,19,20)/t10-,11-/m1/s1. The van der Waals surface area contributed by atoms with E-state index in [1.165, 1.54) is 0 Å². The molecular formula is C13H12BrCl3N2O3S. The third kappa shape index (κ3) is 5.60. The van der Waals surface area contributed by atoms with Gasteiger partial charge in [0.15, 0.2) is 9.84 Å². The number of carbonyl (C=O) groups excluding carboxylic acids is 1. The summed E-state index contributed by atoms with van der Waals surface area (Å²) < 4.78 is 22.4. The summed E-state index contributed by atoms with van der Waals surface area (Å²) in [5.41, 5.74) is 0.809. The lowest BCUT2D eigenvalue weighted by atomic mass is 10.1. The fraction of sp³-hybridized carbons (Fsp3) is 0.385. The quantitative estimate of drug-likeness (QED) is 0.554. The molecule has 0 unspecified atom stereocenters. The van der Waals surface area contributed by atoms with Crippen LogP contribution >= 0.6 is 50.7 Å². The maximum absolute atomic E-state index is 11.8. The Hall–Kier alpha value is -0.340. The summed E-state index contributed by atoms with van der Waals surface area (Å²) in [7, 11) is -3.31. The number of amides is 1. The summed E-state index contributed by atoms with van der Waals surface area (Å²) >= 11 is 19.8. The van der Waals surface area contributed by atoms with Gasteiger partial charge in [0.1, 0.15) is 0 Å². The van der Waals surface area contributed by atoms with E-state index in [9.17, 15) is 13.2 Å². The largest absolute Gasteiger partial charge is 0.346 e. The zero-order valence-corrected chi connectivity index (χ0v) is 16.2. The van der Waals surface area contributed by atoms with Crippen molar-refractivity contribution in [3.8, 4) is 0 Å². The zero-order chi connectivity index (χ0) is 17.3. The number of alkyl halides is 3. The van der Waals surface area contributed by atoms with E-state index in [1.54, 1.807) is 6.21 Å². The van der Waals surface area contributed by atoms with Crippen LogP contribution in [0.1, 0.15) is 5.56 Å². The fourth-order valence-electron chi connectivity index (χ4n) is 2.09. The molecule has 1 aliphatic heterocycles. The highest BCUT2D eigenvalue weighted by Gasteiger charge is 2.41. The van der Waals surface area contributed by atoms with Crippen LogP contribution in [0.5, 0.6) is 0 Å². The Bertz CT molecular complexity index is 717. The molecule has 0 bridgehead atoms. The van der Waals surface area contributed by atoms with Crippen molar-refractivity contribution in [3.05, 3.63) is 34.3 Å². The normalized spacial score (nSPS) is 24.0. The van der Waals surface area contributed by atoms with Gasteiger partial charge in [-0.05, 0) is 17.7 Å². The minimum absolute atomic E-state index is 0.162. The number of nitrogens with zero attached hydrogens (tertiary/aromatic N) is 1. The van der Waals surface area contributed by atoms with E-state index in [-0.39, 0.29) is 11.5 Å². The number of hydrogen-bond donors (Lipinski definition) is 1. The van der Waals surface area contributed by atoms with Crippen LogP contribution in [0.2, 0.25) is 0 Å². The second kappa shape index (κ2) is 7.27. The molecule has 0 spiro atoms. The fourth-order valence-corrected chi connectivity index (χ4v) is 4.35. The van der Waals surface area contributed by atoms with Gasteiger partial charge in [0.25, 0.3) is 9.70 Å². The first-order chi connectivity index (χ1) is 10.6. The molecular weight excluding hydrogens is 450 g/mol. The van der Waals surface area contributed by atoms with Crippen molar-refractivity contribution in [3.63, 3.8) is 0 Å². The second-order valence-corrected chi connectivity index (χ2v) is 10.4. The molecule has 1 aromatic rings. The number of rotatable bonds is 3. The predicted octanol–water partition coefficient (Wildman–Crippen LogP) is 2.52. The molecule has 2 atom stereocenters. The van der Waals surface area contributed by atoms with Crippen molar-refractivity contribution in [1.29, 1.82) is 0 Å². The number of halogens is 4. The molecule has 1 heterocycles. The molecule has 0 aromatic heterocycles. The second-order valence-electron chi connectivity index (χ2n) is 5.05. The van der Waals surface area contributed by atoms with Crippen molar-refractivity contribution < 1.29 is 13.2 Å². The van der Waals surface area contributed by atoms with Crippen LogP contribution < -0.4 is 5.32 Å². The molecule has 23 heavy (non-hydrogen) atoms. The molecule has 2 rings (SSSR count). The molecule has 1 aliphatic rings. The first kappa shape index (κ1) is 19.0. The highest BCUT2D eigenvalue weighted by Crippen LogP contribution is 2.27. The number of carbonyl (C=O) groups is 1. The van der Waals surface area contributed by atoms with Gasteiger partial charge in [-0.3, -0.25) is 9.79 Å². The number of nitrogens with one attached hydrogen (secondary N) is 1. The zero-order valence-electron chi connectivity index (χ0n) is 11.5. The van der Waals surface area contributed by atoms with Gasteiger partial charge in [-0.25, -0.2) is 8.42 Å². The molecule has 1 saturated heterocycles. The van der Waals surface area contributed by atoms with Gasteiger partial charge in [0.05, 0.1) is 23.6 Å². The van der Waals surface area contributed by atoms with Crippen molar-refractivity contribution >= 4 is 72.7 Å². The molecule has 0 saturated carbocycles. The van der Waals surface area contributed by atoms with Crippen LogP contribution in [0, 0.1) is 0 Å². The summed E-state index contributed by atoms with van der Waals surface area (Å²) in [5, 5.41) is 2.43. The topological polar surface area (TPSA) is 75.6 Å². The SMILES string of the molecule is O=C(N[C@@H]1CS(=O)(=O)C[C@H]1N=Cc1ccc(Br)cc1)C(Cl)(Cl)Cl. The summed E-state index contributed by atoms with van der Waals surface area (Å²) in [6.45, 7) is 0. The van der Waals surface area contributed by atoms with Gasteiger partial charge in [0.2, 0.25) is 0 Å². The molecule has 0 aliphatic carbocycles. The molecule has 1 fully saturated rings. The Morgan fingerprint density at radius 1 is 1.26 bits per heavy atom. The molecule has 1 aromatic carbocycles. The van der Waals surface area contributed by atoms with Crippen LogP contribution in [0.25, 0.3) is 0 Å². The van der Waals surface area contributed by atoms with E-state index >= 15 is 0 Å². The van der Waals surface area contributed by atoms with E-state index < -0.39 is 31.6 Å².